The average molecular weight is 459 g/mol. The van der Waals surface area contributed by atoms with Crippen molar-refractivity contribution in [1.82, 2.24) is 19.3 Å². The zero-order valence-electron chi connectivity index (χ0n) is 18.0. The first-order valence-electron chi connectivity index (χ1n) is 10.9. The van der Waals surface area contributed by atoms with Crippen molar-refractivity contribution in [2.45, 2.75) is 31.1 Å². The van der Waals surface area contributed by atoms with Crippen molar-refractivity contribution < 1.29 is 12.8 Å². The summed E-state index contributed by atoms with van der Waals surface area (Å²) < 4.78 is 32.7. The van der Waals surface area contributed by atoms with Gasteiger partial charge in [0.25, 0.3) is 0 Å². The van der Waals surface area contributed by atoms with Crippen LogP contribution in [0.5, 0.6) is 0 Å². The lowest BCUT2D eigenvalue weighted by atomic mass is 10.1. The highest BCUT2D eigenvalue weighted by atomic mass is 32.2. The van der Waals surface area contributed by atoms with E-state index < -0.39 is 15.8 Å². The molecule has 0 unspecified atom stereocenters. The SMILES string of the molecule is Cc1cc(N2CCN(S(=O)(=O)c3ccc4oc(=O)[nH]c4c3)CC2)nc(N2CCCCC2)n1. The number of aromatic amines is 1. The number of aryl methyl sites for hydroxylation is 1. The van der Waals surface area contributed by atoms with Crippen molar-refractivity contribution in [3.63, 3.8) is 0 Å². The Balaban J connectivity index is 1.32. The first-order valence-corrected chi connectivity index (χ1v) is 12.3. The number of H-pyrrole nitrogens is 1. The van der Waals surface area contributed by atoms with Gasteiger partial charge in [-0.2, -0.15) is 9.29 Å². The van der Waals surface area contributed by atoms with Crippen LogP contribution in [0.25, 0.3) is 11.1 Å². The fourth-order valence-corrected chi connectivity index (χ4v) is 5.78. The Morgan fingerprint density at radius 1 is 0.938 bits per heavy atom. The number of hydrogen-bond acceptors (Lipinski definition) is 8. The van der Waals surface area contributed by atoms with Crippen molar-refractivity contribution in [2.75, 3.05) is 49.1 Å². The summed E-state index contributed by atoms with van der Waals surface area (Å²) in [4.78, 5) is 27.8. The minimum absolute atomic E-state index is 0.140. The Hall–Kier alpha value is -2.92. The average Bonchev–Trinajstić information content (AvgIpc) is 3.18. The standard InChI is InChI=1S/C21H26N6O4S/c1-15-13-19(24-20(22-15)26-7-3-2-4-8-26)25-9-11-27(12-10-25)32(29,30)16-5-6-18-17(14-16)23-21(28)31-18/h5-6,13-14H,2-4,7-12H2,1H3,(H,23,28). The lowest BCUT2D eigenvalue weighted by Gasteiger charge is -2.35. The summed E-state index contributed by atoms with van der Waals surface area (Å²) in [5.41, 5.74) is 1.62. The van der Waals surface area contributed by atoms with Gasteiger partial charge in [-0.25, -0.2) is 18.2 Å². The Bertz CT molecular complexity index is 1290. The number of rotatable bonds is 4. The monoisotopic (exact) mass is 458 g/mol. The van der Waals surface area contributed by atoms with Gasteiger partial charge in [-0.3, -0.25) is 4.98 Å². The van der Waals surface area contributed by atoms with E-state index in [2.05, 4.69) is 19.8 Å². The minimum atomic E-state index is -3.68. The number of anilines is 2. The molecule has 0 bridgehead atoms. The number of nitrogens with zero attached hydrogens (tertiary/aromatic N) is 5. The molecule has 4 heterocycles. The molecule has 1 aromatic carbocycles. The molecule has 2 aliphatic rings. The largest absolute Gasteiger partial charge is 0.417 e. The maximum Gasteiger partial charge on any atom is 0.417 e. The number of oxazole rings is 1. The van der Waals surface area contributed by atoms with E-state index in [1.165, 1.54) is 28.9 Å². The lowest BCUT2D eigenvalue weighted by molar-refractivity contribution is 0.383. The van der Waals surface area contributed by atoms with Gasteiger partial charge in [0.2, 0.25) is 16.0 Å². The summed E-state index contributed by atoms with van der Waals surface area (Å²) in [5.74, 6) is 0.997. The van der Waals surface area contributed by atoms with Crippen molar-refractivity contribution >= 4 is 32.9 Å². The van der Waals surface area contributed by atoms with Gasteiger partial charge < -0.3 is 14.2 Å². The van der Waals surface area contributed by atoms with Crippen LogP contribution in [0, 0.1) is 6.92 Å². The summed E-state index contributed by atoms with van der Waals surface area (Å²) in [7, 11) is -3.68. The van der Waals surface area contributed by atoms with Gasteiger partial charge in [0.1, 0.15) is 5.82 Å². The van der Waals surface area contributed by atoms with Crippen LogP contribution in [0.15, 0.2) is 38.4 Å². The number of hydrogen-bond donors (Lipinski definition) is 1. The Morgan fingerprint density at radius 3 is 2.44 bits per heavy atom. The molecule has 3 aromatic rings. The first-order chi connectivity index (χ1) is 15.4. The zero-order chi connectivity index (χ0) is 22.3. The number of aromatic nitrogens is 3. The van der Waals surface area contributed by atoms with Crippen molar-refractivity contribution in [2.24, 2.45) is 0 Å². The molecule has 2 aliphatic heterocycles. The molecular formula is C21H26N6O4S. The molecule has 0 aliphatic carbocycles. The normalized spacial score (nSPS) is 18.4. The third-order valence-electron chi connectivity index (χ3n) is 6.06. The third kappa shape index (κ3) is 3.97. The van der Waals surface area contributed by atoms with Gasteiger partial charge in [-0.05, 0) is 44.4 Å². The summed E-state index contributed by atoms with van der Waals surface area (Å²) >= 11 is 0. The van der Waals surface area contributed by atoms with E-state index in [1.54, 1.807) is 0 Å². The fourth-order valence-electron chi connectivity index (χ4n) is 4.33. The van der Waals surface area contributed by atoms with Crippen LogP contribution in [-0.4, -0.2) is 66.9 Å². The van der Waals surface area contributed by atoms with Crippen molar-refractivity contribution in [3.8, 4) is 0 Å². The molecule has 2 fully saturated rings. The van der Waals surface area contributed by atoms with E-state index in [0.29, 0.717) is 37.3 Å². The van der Waals surface area contributed by atoms with Crippen LogP contribution >= 0.6 is 0 Å². The molecule has 0 radical (unpaired) electrons. The third-order valence-corrected chi connectivity index (χ3v) is 7.95. The highest BCUT2D eigenvalue weighted by Gasteiger charge is 2.30. The van der Waals surface area contributed by atoms with E-state index in [4.69, 9.17) is 9.40 Å². The van der Waals surface area contributed by atoms with Crippen LogP contribution in [0.1, 0.15) is 25.0 Å². The number of fused-ring (bicyclic) bond motifs is 1. The van der Waals surface area contributed by atoms with Crippen LogP contribution in [-0.2, 0) is 10.0 Å². The molecule has 0 amide bonds. The van der Waals surface area contributed by atoms with E-state index in [-0.39, 0.29) is 4.90 Å². The zero-order valence-corrected chi connectivity index (χ0v) is 18.8. The molecule has 5 rings (SSSR count). The summed E-state index contributed by atoms with van der Waals surface area (Å²) in [6, 6.07) is 6.38. The molecular weight excluding hydrogens is 432 g/mol. The quantitative estimate of drug-likeness (QED) is 0.628. The highest BCUT2D eigenvalue weighted by Crippen LogP contribution is 2.25. The van der Waals surface area contributed by atoms with E-state index in [9.17, 15) is 13.2 Å². The molecule has 2 saturated heterocycles. The molecule has 0 saturated carbocycles. The second-order valence-corrected chi connectivity index (χ2v) is 10.2. The summed E-state index contributed by atoms with van der Waals surface area (Å²) in [6.07, 6.45) is 3.55. The van der Waals surface area contributed by atoms with Gasteiger partial charge >= 0.3 is 5.76 Å². The van der Waals surface area contributed by atoms with Crippen LogP contribution < -0.4 is 15.6 Å². The number of sulfonamides is 1. The molecule has 2 aromatic heterocycles. The minimum Gasteiger partial charge on any atom is -0.408 e. The molecule has 10 nitrogen and oxygen atoms in total. The van der Waals surface area contributed by atoms with Gasteiger partial charge in [0.05, 0.1) is 10.4 Å². The second-order valence-electron chi connectivity index (χ2n) is 8.28. The van der Waals surface area contributed by atoms with Crippen LogP contribution in [0.2, 0.25) is 0 Å². The Labute approximate surface area is 185 Å². The number of piperidine rings is 1. The molecule has 11 heteroatoms. The molecule has 170 valence electrons. The first kappa shape index (κ1) is 21.0. The molecule has 32 heavy (non-hydrogen) atoms. The van der Waals surface area contributed by atoms with E-state index >= 15 is 0 Å². The van der Waals surface area contributed by atoms with Gasteiger partial charge in [-0.1, -0.05) is 0 Å². The maximum atomic E-state index is 13.1. The molecule has 1 N–H and O–H groups in total. The second kappa shape index (κ2) is 8.21. The van der Waals surface area contributed by atoms with Gasteiger partial charge in [0.15, 0.2) is 5.58 Å². The topological polar surface area (TPSA) is 116 Å². The fraction of sp³-hybridized carbons (Fsp3) is 0.476. The smallest absolute Gasteiger partial charge is 0.408 e. The van der Waals surface area contributed by atoms with Crippen molar-refractivity contribution in [1.29, 1.82) is 0 Å². The molecule has 0 spiro atoms. The predicted octanol–water partition coefficient (Wildman–Crippen LogP) is 1.72. The maximum absolute atomic E-state index is 13.1. The predicted molar refractivity (Wildman–Crippen MR) is 121 cm³/mol. The highest BCUT2D eigenvalue weighted by molar-refractivity contribution is 7.89. The number of benzene rings is 1. The lowest BCUT2D eigenvalue weighted by Crippen LogP contribution is -2.49. The number of nitrogens with one attached hydrogen (secondary N) is 1. The van der Waals surface area contributed by atoms with Crippen LogP contribution in [0.3, 0.4) is 0 Å². The Morgan fingerprint density at radius 2 is 1.69 bits per heavy atom. The summed E-state index contributed by atoms with van der Waals surface area (Å²) in [5, 5.41) is 0. The van der Waals surface area contributed by atoms with E-state index in [0.717, 1.165) is 43.4 Å². The van der Waals surface area contributed by atoms with E-state index in [1.807, 2.05) is 13.0 Å². The van der Waals surface area contributed by atoms with Crippen LogP contribution in [0.4, 0.5) is 11.8 Å². The molecule has 0 atom stereocenters. The van der Waals surface area contributed by atoms with Gasteiger partial charge in [-0.15, -0.1) is 0 Å². The number of piperazine rings is 1. The Kier molecular flexibility index (Phi) is 5.38. The van der Waals surface area contributed by atoms with Gasteiger partial charge in [0, 0.05) is 51.0 Å². The summed E-state index contributed by atoms with van der Waals surface area (Å²) in [6.45, 7) is 5.70. The van der Waals surface area contributed by atoms with Crippen molar-refractivity contribution in [3.05, 3.63) is 40.5 Å².